The molecule has 1 aliphatic heterocycles. The Hall–Kier alpha value is -1.65. The van der Waals surface area contributed by atoms with E-state index in [0.29, 0.717) is 18.3 Å². The summed E-state index contributed by atoms with van der Waals surface area (Å²) in [6.45, 7) is 1.13. The molecule has 0 unspecified atom stereocenters. The van der Waals surface area contributed by atoms with Gasteiger partial charge in [0, 0.05) is 18.9 Å². The fraction of sp³-hybridized carbons (Fsp3) is 0.615. The van der Waals surface area contributed by atoms with E-state index in [-0.39, 0.29) is 5.91 Å². The Kier molecular flexibility index (Phi) is 3.13. The zero-order valence-corrected chi connectivity index (χ0v) is 10.4. The first-order chi connectivity index (χ1) is 8.84. The number of rotatable bonds is 2. The van der Waals surface area contributed by atoms with Crippen molar-refractivity contribution in [2.24, 2.45) is 5.92 Å². The highest BCUT2D eigenvalue weighted by Crippen LogP contribution is 2.29. The summed E-state index contributed by atoms with van der Waals surface area (Å²) >= 11 is 0. The number of hydrogen-bond acceptors (Lipinski definition) is 4. The monoisotopic (exact) mass is 246 g/mol. The predicted octanol–water partition coefficient (Wildman–Crippen LogP) is 1.82. The van der Waals surface area contributed by atoms with E-state index in [1.165, 1.54) is 32.1 Å². The molecule has 1 aromatic heterocycles. The molecule has 0 saturated heterocycles. The number of carbonyl (C=O) groups is 1. The van der Waals surface area contributed by atoms with Crippen molar-refractivity contribution < 1.29 is 4.79 Å². The molecule has 96 valence electrons. The Morgan fingerprint density at radius 3 is 2.83 bits per heavy atom. The number of amides is 1. The van der Waals surface area contributed by atoms with Crippen molar-refractivity contribution in [3.63, 3.8) is 0 Å². The molecule has 0 bridgehead atoms. The van der Waals surface area contributed by atoms with Gasteiger partial charge in [0.2, 0.25) is 5.91 Å². The molecule has 18 heavy (non-hydrogen) atoms. The highest BCUT2D eigenvalue weighted by atomic mass is 16.2. The van der Waals surface area contributed by atoms with Crippen molar-refractivity contribution in [3.8, 4) is 0 Å². The van der Waals surface area contributed by atoms with Gasteiger partial charge in [-0.05, 0) is 18.8 Å². The summed E-state index contributed by atoms with van der Waals surface area (Å²) in [6, 6.07) is 0. The minimum absolute atomic E-state index is 0.105. The molecule has 0 radical (unpaired) electrons. The predicted molar refractivity (Wildman–Crippen MR) is 69.4 cm³/mol. The van der Waals surface area contributed by atoms with E-state index in [2.05, 4.69) is 15.3 Å². The van der Waals surface area contributed by atoms with E-state index < -0.39 is 0 Å². The second kappa shape index (κ2) is 4.92. The van der Waals surface area contributed by atoms with E-state index in [9.17, 15) is 4.79 Å². The van der Waals surface area contributed by atoms with Gasteiger partial charge in [0.1, 0.15) is 0 Å². The fourth-order valence-electron chi connectivity index (χ4n) is 2.84. The van der Waals surface area contributed by atoms with Gasteiger partial charge in [-0.1, -0.05) is 19.3 Å². The molecule has 5 nitrogen and oxygen atoms in total. The molecule has 0 aromatic carbocycles. The van der Waals surface area contributed by atoms with Gasteiger partial charge in [0.15, 0.2) is 11.6 Å². The van der Waals surface area contributed by atoms with Crippen LogP contribution in [0.2, 0.25) is 0 Å². The number of fused-ring (bicyclic) bond motifs is 1. The molecule has 1 amide bonds. The minimum Gasteiger partial charge on any atom is -0.358 e. The van der Waals surface area contributed by atoms with Crippen LogP contribution in [-0.4, -0.2) is 29.0 Å². The molecule has 1 aromatic rings. The standard InChI is InChI=1S/C13H18N4O/c18-11-8-16-12-13(15-7-6-14-12)17(11)9-10-4-2-1-3-5-10/h6-7,10H,1-5,8-9H2,(H,14,16). The van der Waals surface area contributed by atoms with Crippen molar-refractivity contribution in [1.82, 2.24) is 9.97 Å². The maximum absolute atomic E-state index is 12.0. The van der Waals surface area contributed by atoms with Crippen LogP contribution in [0, 0.1) is 5.92 Å². The molecular weight excluding hydrogens is 228 g/mol. The molecule has 3 rings (SSSR count). The van der Waals surface area contributed by atoms with Crippen LogP contribution < -0.4 is 10.2 Å². The quantitative estimate of drug-likeness (QED) is 0.864. The van der Waals surface area contributed by atoms with Crippen LogP contribution in [0.1, 0.15) is 32.1 Å². The summed E-state index contributed by atoms with van der Waals surface area (Å²) < 4.78 is 0. The lowest BCUT2D eigenvalue weighted by atomic mass is 9.89. The Morgan fingerprint density at radius 1 is 1.22 bits per heavy atom. The highest BCUT2D eigenvalue weighted by Gasteiger charge is 2.28. The molecule has 1 N–H and O–H groups in total. The molecule has 0 atom stereocenters. The van der Waals surface area contributed by atoms with Crippen LogP contribution in [-0.2, 0) is 4.79 Å². The van der Waals surface area contributed by atoms with Gasteiger partial charge in [-0.15, -0.1) is 0 Å². The third-order valence-corrected chi connectivity index (χ3v) is 3.81. The lowest BCUT2D eigenvalue weighted by Gasteiger charge is -2.32. The average molecular weight is 246 g/mol. The van der Waals surface area contributed by atoms with Gasteiger partial charge in [0.05, 0.1) is 6.54 Å². The normalized spacial score (nSPS) is 20.4. The number of anilines is 2. The van der Waals surface area contributed by atoms with Crippen molar-refractivity contribution in [2.45, 2.75) is 32.1 Å². The number of nitrogens with zero attached hydrogens (tertiary/aromatic N) is 3. The number of hydrogen-bond donors (Lipinski definition) is 1. The molecule has 2 aliphatic rings. The molecule has 1 aliphatic carbocycles. The van der Waals surface area contributed by atoms with Crippen molar-refractivity contribution >= 4 is 17.5 Å². The maximum Gasteiger partial charge on any atom is 0.247 e. The number of nitrogens with one attached hydrogen (secondary N) is 1. The van der Waals surface area contributed by atoms with Crippen LogP contribution in [0.15, 0.2) is 12.4 Å². The smallest absolute Gasteiger partial charge is 0.247 e. The Bertz CT molecular complexity index is 442. The number of carbonyl (C=O) groups excluding carboxylic acids is 1. The average Bonchev–Trinajstić information content (AvgIpc) is 2.43. The third kappa shape index (κ3) is 2.17. The largest absolute Gasteiger partial charge is 0.358 e. The molecule has 1 saturated carbocycles. The maximum atomic E-state index is 12.0. The van der Waals surface area contributed by atoms with Gasteiger partial charge in [-0.2, -0.15) is 0 Å². The fourth-order valence-corrected chi connectivity index (χ4v) is 2.84. The first-order valence-electron chi connectivity index (χ1n) is 6.70. The van der Waals surface area contributed by atoms with Gasteiger partial charge < -0.3 is 5.32 Å². The van der Waals surface area contributed by atoms with Crippen LogP contribution in [0.5, 0.6) is 0 Å². The molecular formula is C13H18N4O. The van der Waals surface area contributed by atoms with E-state index in [0.717, 1.165) is 12.4 Å². The van der Waals surface area contributed by atoms with Crippen LogP contribution in [0.25, 0.3) is 0 Å². The Morgan fingerprint density at radius 2 is 2.00 bits per heavy atom. The highest BCUT2D eigenvalue weighted by molar-refractivity contribution is 6.00. The molecule has 1 fully saturated rings. The summed E-state index contributed by atoms with van der Waals surface area (Å²) in [7, 11) is 0. The lowest BCUT2D eigenvalue weighted by Crippen LogP contribution is -2.43. The summed E-state index contributed by atoms with van der Waals surface area (Å²) in [5.74, 6) is 2.15. The van der Waals surface area contributed by atoms with Crippen LogP contribution in [0.3, 0.4) is 0 Å². The van der Waals surface area contributed by atoms with E-state index in [4.69, 9.17) is 0 Å². The molecule has 0 spiro atoms. The second-order valence-corrected chi connectivity index (χ2v) is 5.09. The van der Waals surface area contributed by atoms with Gasteiger partial charge in [-0.25, -0.2) is 9.97 Å². The summed E-state index contributed by atoms with van der Waals surface area (Å²) in [4.78, 5) is 22.4. The van der Waals surface area contributed by atoms with E-state index in [1.807, 2.05) is 4.90 Å². The summed E-state index contributed by atoms with van der Waals surface area (Å²) in [6.07, 6.45) is 9.67. The second-order valence-electron chi connectivity index (χ2n) is 5.09. The van der Waals surface area contributed by atoms with Crippen molar-refractivity contribution in [1.29, 1.82) is 0 Å². The minimum atomic E-state index is 0.105. The SMILES string of the molecule is O=C1CNc2nccnc2N1CC1CCCCC1. The van der Waals surface area contributed by atoms with Crippen LogP contribution in [0.4, 0.5) is 11.6 Å². The lowest BCUT2D eigenvalue weighted by molar-refractivity contribution is -0.117. The van der Waals surface area contributed by atoms with Gasteiger partial charge >= 0.3 is 0 Å². The van der Waals surface area contributed by atoms with Crippen LogP contribution >= 0.6 is 0 Å². The topological polar surface area (TPSA) is 58.1 Å². The summed E-state index contributed by atoms with van der Waals surface area (Å²) in [5, 5.41) is 3.01. The first kappa shape index (κ1) is 11.4. The Labute approximate surface area is 107 Å². The third-order valence-electron chi connectivity index (χ3n) is 3.81. The van der Waals surface area contributed by atoms with E-state index in [1.54, 1.807) is 12.4 Å². The Balaban J connectivity index is 1.79. The summed E-state index contributed by atoms with van der Waals surface area (Å²) in [5.41, 5.74) is 0. The van der Waals surface area contributed by atoms with Gasteiger partial charge in [0.25, 0.3) is 0 Å². The van der Waals surface area contributed by atoms with Crippen molar-refractivity contribution in [3.05, 3.63) is 12.4 Å². The van der Waals surface area contributed by atoms with E-state index >= 15 is 0 Å². The first-order valence-corrected chi connectivity index (χ1v) is 6.70. The number of aromatic nitrogens is 2. The molecule has 5 heteroatoms. The molecule has 2 heterocycles. The zero-order valence-electron chi connectivity index (χ0n) is 10.4. The zero-order chi connectivity index (χ0) is 12.4. The van der Waals surface area contributed by atoms with Gasteiger partial charge in [-0.3, -0.25) is 9.69 Å². The van der Waals surface area contributed by atoms with Crippen molar-refractivity contribution in [2.75, 3.05) is 23.3 Å².